The molecule has 1 aromatic heterocycles. The summed E-state index contributed by atoms with van der Waals surface area (Å²) in [5.74, 6) is -3.08. The minimum Gasteiger partial charge on any atom is -0.247 e. The van der Waals surface area contributed by atoms with E-state index in [-0.39, 0.29) is 12.1 Å². The van der Waals surface area contributed by atoms with E-state index in [0.717, 1.165) is 0 Å². The monoisotopic (exact) mass is 204 g/mol. The Morgan fingerprint density at radius 1 is 1.43 bits per heavy atom. The van der Waals surface area contributed by atoms with Crippen LogP contribution in [0, 0.1) is 23.0 Å². The molecule has 0 radical (unpaired) electrons. The topological polar surface area (TPSA) is 36.7 Å². The van der Waals surface area contributed by atoms with E-state index in [9.17, 15) is 17.6 Å². The smallest absolute Gasteiger partial charge is 0.247 e. The number of hydrogen-bond donors (Lipinski definition) is 0. The van der Waals surface area contributed by atoms with Crippen molar-refractivity contribution in [2.24, 2.45) is 0 Å². The van der Waals surface area contributed by atoms with Gasteiger partial charge in [-0.25, -0.2) is 22.5 Å². The van der Waals surface area contributed by atoms with Crippen molar-refractivity contribution in [1.82, 2.24) is 4.98 Å². The number of alkyl halides is 2. The zero-order valence-corrected chi connectivity index (χ0v) is 6.77. The Hall–Kier alpha value is -1.64. The normalized spacial score (nSPS) is 10.3. The molecule has 0 fully saturated rings. The van der Waals surface area contributed by atoms with Gasteiger partial charge in [0.05, 0.1) is 18.2 Å². The number of hydrogen-bond acceptors (Lipinski definition) is 2. The van der Waals surface area contributed by atoms with Gasteiger partial charge in [-0.05, 0) is 6.07 Å². The summed E-state index contributed by atoms with van der Waals surface area (Å²) in [6, 6.07) is 2.23. The number of pyridine rings is 1. The van der Waals surface area contributed by atoms with Crippen LogP contribution in [0.3, 0.4) is 0 Å². The molecule has 6 heteroatoms. The summed E-state index contributed by atoms with van der Waals surface area (Å²) in [6.45, 7) is 0. The highest BCUT2D eigenvalue weighted by Crippen LogP contribution is 2.22. The second kappa shape index (κ2) is 4.05. The first-order valence-electron chi connectivity index (χ1n) is 3.56. The lowest BCUT2D eigenvalue weighted by Crippen LogP contribution is -2.03. The molecule has 1 aromatic rings. The van der Waals surface area contributed by atoms with E-state index in [4.69, 9.17) is 5.26 Å². The molecule has 0 aromatic carbocycles. The van der Waals surface area contributed by atoms with Gasteiger partial charge in [-0.1, -0.05) is 0 Å². The van der Waals surface area contributed by atoms with E-state index in [1.807, 2.05) is 0 Å². The summed E-state index contributed by atoms with van der Waals surface area (Å²) >= 11 is 0. The molecule has 0 aliphatic heterocycles. The standard InChI is InChI=1S/C8H4F4N2/c9-5-3-4(1-2-13)14-7(6(5)10)8(11)12/h3,8H,1H2. The van der Waals surface area contributed by atoms with Crippen LogP contribution < -0.4 is 0 Å². The average Bonchev–Trinajstić information content (AvgIpc) is 2.11. The zero-order valence-electron chi connectivity index (χ0n) is 6.77. The van der Waals surface area contributed by atoms with Gasteiger partial charge in [0.15, 0.2) is 11.6 Å². The first-order chi connectivity index (χ1) is 6.56. The number of nitriles is 1. The highest BCUT2D eigenvalue weighted by molar-refractivity contribution is 5.18. The summed E-state index contributed by atoms with van der Waals surface area (Å²) in [5, 5.41) is 8.22. The Balaban J connectivity index is 3.22. The van der Waals surface area contributed by atoms with Gasteiger partial charge in [0.2, 0.25) is 0 Å². The van der Waals surface area contributed by atoms with Gasteiger partial charge in [0, 0.05) is 0 Å². The molecule has 0 saturated heterocycles. The molecule has 0 N–H and O–H groups in total. The highest BCUT2D eigenvalue weighted by atomic mass is 19.3. The third-order valence-corrected chi connectivity index (χ3v) is 1.46. The molecule has 1 heterocycles. The molecule has 0 amide bonds. The Kier molecular flexibility index (Phi) is 3.02. The van der Waals surface area contributed by atoms with Crippen molar-refractivity contribution in [2.75, 3.05) is 0 Å². The van der Waals surface area contributed by atoms with Gasteiger partial charge in [-0.2, -0.15) is 5.26 Å². The molecule has 0 aliphatic rings. The number of rotatable bonds is 2. The van der Waals surface area contributed by atoms with Crippen molar-refractivity contribution < 1.29 is 17.6 Å². The lowest BCUT2D eigenvalue weighted by atomic mass is 10.2. The first kappa shape index (κ1) is 10.4. The number of aromatic nitrogens is 1. The maximum absolute atomic E-state index is 12.7. The maximum atomic E-state index is 12.7. The molecule has 0 aliphatic carbocycles. The van der Waals surface area contributed by atoms with E-state index < -0.39 is 23.8 Å². The second-order valence-corrected chi connectivity index (χ2v) is 2.43. The third-order valence-electron chi connectivity index (χ3n) is 1.46. The van der Waals surface area contributed by atoms with Gasteiger partial charge in [0.1, 0.15) is 5.69 Å². The predicted molar refractivity (Wildman–Crippen MR) is 38.4 cm³/mol. The van der Waals surface area contributed by atoms with Crippen LogP contribution >= 0.6 is 0 Å². The van der Waals surface area contributed by atoms with Gasteiger partial charge in [-0.15, -0.1) is 0 Å². The minimum atomic E-state index is -3.19. The summed E-state index contributed by atoms with van der Waals surface area (Å²) in [5.41, 5.74) is -1.46. The van der Waals surface area contributed by atoms with Crippen LogP contribution in [0.15, 0.2) is 6.07 Å². The summed E-state index contributed by atoms with van der Waals surface area (Å²) < 4.78 is 49.5. The van der Waals surface area contributed by atoms with Crippen LogP contribution in [0.4, 0.5) is 17.6 Å². The van der Waals surface area contributed by atoms with Gasteiger partial charge in [0.25, 0.3) is 6.43 Å². The van der Waals surface area contributed by atoms with Gasteiger partial charge < -0.3 is 0 Å². The third kappa shape index (κ3) is 1.99. The Morgan fingerprint density at radius 3 is 2.57 bits per heavy atom. The lowest BCUT2D eigenvalue weighted by molar-refractivity contribution is 0.139. The number of halogens is 4. The van der Waals surface area contributed by atoms with Crippen LogP contribution in [0.2, 0.25) is 0 Å². The van der Waals surface area contributed by atoms with Crippen molar-refractivity contribution in [2.45, 2.75) is 12.8 Å². The van der Waals surface area contributed by atoms with Crippen molar-refractivity contribution in [3.63, 3.8) is 0 Å². The quantitative estimate of drug-likeness (QED) is 0.693. The van der Waals surface area contributed by atoms with E-state index in [0.29, 0.717) is 6.07 Å². The van der Waals surface area contributed by atoms with E-state index in [1.54, 1.807) is 6.07 Å². The molecule has 74 valence electrons. The molecule has 1 rings (SSSR count). The summed E-state index contributed by atoms with van der Waals surface area (Å²) in [7, 11) is 0. The van der Waals surface area contributed by atoms with E-state index >= 15 is 0 Å². The van der Waals surface area contributed by atoms with E-state index in [2.05, 4.69) is 4.98 Å². The fraction of sp³-hybridized carbons (Fsp3) is 0.250. The highest BCUT2D eigenvalue weighted by Gasteiger charge is 2.20. The molecular formula is C8H4F4N2. The summed E-state index contributed by atoms with van der Waals surface area (Å²) in [6.07, 6.45) is -3.53. The van der Waals surface area contributed by atoms with Crippen LogP contribution in [0.1, 0.15) is 17.8 Å². The average molecular weight is 204 g/mol. The SMILES string of the molecule is N#CCc1cc(F)c(F)c(C(F)F)n1. The zero-order chi connectivity index (χ0) is 10.7. The van der Waals surface area contributed by atoms with Crippen molar-refractivity contribution >= 4 is 0 Å². The number of nitrogens with zero attached hydrogens (tertiary/aromatic N) is 2. The van der Waals surface area contributed by atoms with Crippen molar-refractivity contribution in [3.8, 4) is 6.07 Å². The maximum Gasteiger partial charge on any atom is 0.283 e. The Labute approximate surface area is 76.8 Å². The lowest BCUT2D eigenvalue weighted by Gasteiger charge is -2.03. The summed E-state index contributed by atoms with van der Waals surface area (Å²) in [4.78, 5) is 3.13. The minimum absolute atomic E-state index is 0.207. The molecule has 0 bridgehead atoms. The van der Waals surface area contributed by atoms with Crippen LogP contribution in [-0.4, -0.2) is 4.98 Å². The largest absolute Gasteiger partial charge is 0.283 e. The van der Waals surface area contributed by atoms with Gasteiger partial charge >= 0.3 is 0 Å². The molecule has 0 unspecified atom stereocenters. The molecule has 0 saturated carbocycles. The fourth-order valence-corrected chi connectivity index (χ4v) is 0.884. The first-order valence-corrected chi connectivity index (χ1v) is 3.56. The van der Waals surface area contributed by atoms with Crippen molar-refractivity contribution in [3.05, 3.63) is 29.1 Å². The fourth-order valence-electron chi connectivity index (χ4n) is 0.884. The molecule has 2 nitrogen and oxygen atoms in total. The van der Waals surface area contributed by atoms with Crippen LogP contribution in [-0.2, 0) is 6.42 Å². The Bertz CT molecular complexity index is 384. The predicted octanol–water partition coefficient (Wildman–Crippen LogP) is 2.36. The molecule has 14 heavy (non-hydrogen) atoms. The van der Waals surface area contributed by atoms with Crippen molar-refractivity contribution in [1.29, 1.82) is 5.26 Å². The second-order valence-electron chi connectivity index (χ2n) is 2.43. The van der Waals surface area contributed by atoms with Gasteiger partial charge in [-0.3, -0.25) is 0 Å². The molecule has 0 atom stereocenters. The van der Waals surface area contributed by atoms with E-state index in [1.165, 1.54) is 0 Å². The van der Waals surface area contributed by atoms with Crippen LogP contribution in [0.25, 0.3) is 0 Å². The Morgan fingerprint density at radius 2 is 2.07 bits per heavy atom. The van der Waals surface area contributed by atoms with Crippen LogP contribution in [0.5, 0.6) is 0 Å². The molecular weight excluding hydrogens is 200 g/mol. The molecule has 0 spiro atoms.